The quantitative estimate of drug-likeness (QED) is 0.289. The zero-order chi connectivity index (χ0) is 25.8. The highest BCUT2D eigenvalue weighted by Gasteiger charge is 2.29. The molecule has 2 aliphatic rings. The highest BCUT2D eigenvalue weighted by atomic mass is 16.6. The predicted molar refractivity (Wildman–Crippen MR) is 135 cm³/mol. The molecule has 4 rings (SSSR count). The van der Waals surface area contributed by atoms with Crippen molar-refractivity contribution in [2.24, 2.45) is 5.73 Å². The number of hydrogen-bond acceptors (Lipinski definition) is 7. The Bertz CT molecular complexity index is 1140. The van der Waals surface area contributed by atoms with Crippen molar-refractivity contribution < 1.29 is 23.7 Å². The molecule has 0 aliphatic carbocycles. The number of carbonyl (C=O) groups excluding carboxylic acids is 1. The standard InChI is InChI=1S/C26H33N5O5/c1-4-34-25(32)24(17-5-7-20(8-6-17)35-21-9-10-30(15-21)16(2)27)36-23-12-19-14-31(26(28)29)13-18(19)11-22(23)33-3/h5-8,11-12,21,24,27H,4,9-10,13-15H2,1-3H3,(H3,28,29). The number of guanidine groups is 1. The molecular weight excluding hydrogens is 462 g/mol. The number of carbonyl (C=O) groups is 1. The van der Waals surface area contributed by atoms with E-state index in [1.165, 1.54) is 0 Å². The third kappa shape index (κ3) is 5.48. The maximum atomic E-state index is 12.9. The number of esters is 1. The lowest BCUT2D eigenvalue weighted by atomic mass is 10.1. The number of fused-ring (bicyclic) bond motifs is 1. The summed E-state index contributed by atoms with van der Waals surface area (Å²) in [6.07, 6.45) is -0.136. The van der Waals surface area contributed by atoms with Gasteiger partial charge in [0.05, 0.1) is 26.1 Å². The molecule has 2 aromatic rings. The van der Waals surface area contributed by atoms with Crippen LogP contribution in [0.5, 0.6) is 17.2 Å². The van der Waals surface area contributed by atoms with Crippen molar-refractivity contribution in [3.8, 4) is 17.2 Å². The number of rotatable bonds is 8. The van der Waals surface area contributed by atoms with Crippen LogP contribution in [-0.2, 0) is 22.6 Å². The van der Waals surface area contributed by atoms with Gasteiger partial charge in [0.2, 0.25) is 6.10 Å². The lowest BCUT2D eigenvalue weighted by Crippen LogP contribution is -2.31. The molecule has 192 valence electrons. The summed E-state index contributed by atoms with van der Waals surface area (Å²) in [6.45, 7) is 6.24. The van der Waals surface area contributed by atoms with Crippen LogP contribution in [0.3, 0.4) is 0 Å². The second kappa shape index (κ2) is 10.8. The van der Waals surface area contributed by atoms with Crippen LogP contribution in [-0.4, -0.2) is 60.5 Å². The topological polar surface area (TPSA) is 134 Å². The van der Waals surface area contributed by atoms with Gasteiger partial charge in [-0.15, -0.1) is 0 Å². The van der Waals surface area contributed by atoms with E-state index >= 15 is 0 Å². The van der Waals surface area contributed by atoms with Crippen molar-refractivity contribution in [1.82, 2.24) is 9.80 Å². The molecule has 2 unspecified atom stereocenters. The number of hydrogen-bond donors (Lipinski definition) is 3. The first-order valence-electron chi connectivity index (χ1n) is 12.0. The number of nitrogens with one attached hydrogen (secondary N) is 2. The van der Waals surface area contributed by atoms with E-state index in [2.05, 4.69) is 0 Å². The number of ether oxygens (including phenoxy) is 4. The second-order valence-corrected chi connectivity index (χ2v) is 8.89. The smallest absolute Gasteiger partial charge is 0.352 e. The first-order chi connectivity index (χ1) is 17.3. The number of methoxy groups -OCH3 is 1. The number of nitrogens with two attached hydrogens (primary N) is 1. The first-order valence-corrected chi connectivity index (χ1v) is 12.0. The summed E-state index contributed by atoms with van der Waals surface area (Å²) in [6, 6.07) is 10.9. The fourth-order valence-corrected chi connectivity index (χ4v) is 4.47. The van der Waals surface area contributed by atoms with Crippen LogP contribution in [0.2, 0.25) is 0 Å². The van der Waals surface area contributed by atoms with Gasteiger partial charge < -0.3 is 34.5 Å². The molecule has 0 spiro atoms. The Morgan fingerprint density at radius 2 is 1.78 bits per heavy atom. The molecule has 2 heterocycles. The second-order valence-electron chi connectivity index (χ2n) is 8.89. The summed E-state index contributed by atoms with van der Waals surface area (Å²) in [5.74, 6) is 1.62. The molecule has 0 aromatic heterocycles. The van der Waals surface area contributed by atoms with Gasteiger partial charge in [0.1, 0.15) is 11.9 Å². The van der Waals surface area contributed by atoms with Crippen molar-refractivity contribution in [2.75, 3.05) is 26.8 Å². The van der Waals surface area contributed by atoms with Gasteiger partial charge in [-0.05, 0) is 49.2 Å². The molecular formula is C26H33N5O5. The third-order valence-electron chi connectivity index (χ3n) is 6.40. The van der Waals surface area contributed by atoms with Crippen LogP contribution < -0.4 is 19.9 Å². The van der Waals surface area contributed by atoms with Crippen molar-refractivity contribution >= 4 is 17.8 Å². The zero-order valence-electron chi connectivity index (χ0n) is 20.9. The van der Waals surface area contributed by atoms with E-state index in [0.29, 0.717) is 48.3 Å². The van der Waals surface area contributed by atoms with Gasteiger partial charge in [-0.1, -0.05) is 12.1 Å². The maximum Gasteiger partial charge on any atom is 0.352 e. The Kier molecular flexibility index (Phi) is 7.52. The van der Waals surface area contributed by atoms with Gasteiger partial charge in [-0.3, -0.25) is 10.8 Å². The van der Waals surface area contributed by atoms with Gasteiger partial charge >= 0.3 is 5.97 Å². The molecule has 1 saturated heterocycles. The molecule has 4 N–H and O–H groups in total. The predicted octanol–water partition coefficient (Wildman–Crippen LogP) is 3.04. The van der Waals surface area contributed by atoms with Gasteiger partial charge in [0, 0.05) is 31.6 Å². The van der Waals surface area contributed by atoms with Gasteiger partial charge in [0.25, 0.3) is 0 Å². The lowest BCUT2D eigenvalue weighted by molar-refractivity contribution is -0.151. The van der Waals surface area contributed by atoms with E-state index in [1.54, 1.807) is 38.0 Å². The number of amidine groups is 1. The van der Waals surface area contributed by atoms with Crippen molar-refractivity contribution in [3.63, 3.8) is 0 Å². The minimum atomic E-state index is -1.00. The Morgan fingerprint density at radius 1 is 1.11 bits per heavy atom. The molecule has 36 heavy (non-hydrogen) atoms. The van der Waals surface area contributed by atoms with Crippen LogP contribution >= 0.6 is 0 Å². The van der Waals surface area contributed by atoms with Crippen LogP contribution in [0.1, 0.15) is 43.1 Å². The highest BCUT2D eigenvalue weighted by Crippen LogP contribution is 2.38. The number of nitrogens with zero attached hydrogens (tertiary/aromatic N) is 2. The number of likely N-dealkylation sites (tertiary alicyclic amines) is 1. The molecule has 2 atom stereocenters. The maximum absolute atomic E-state index is 12.9. The highest BCUT2D eigenvalue weighted by molar-refractivity contribution is 5.78. The normalized spacial score (nSPS) is 17.4. The summed E-state index contributed by atoms with van der Waals surface area (Å²) in [7, 11) is 1.54. The van der Waals surface area contributed by atoms with E-state index in [9.17, 15) is 4.79 Å². The third-order valence-corrected chi connectivity index (χ3v) is 6.40. The molecule has 0 amide bonds. The summed E-state index contributed by atoms with van der Waals surface area (Å²) < 4.78 is 23.1. The minimum Gasteiger partial charge on any atom is -0.493 e. The van der Waals surface area contributed by atoms with Crippen molar-refractivity contribution in [1.29, 1.82) is 10.8 Å². The molecule has 0 saturated carbocycles. The average molecular weight is 496 g/mol. The van der Waals surface area contributed by atoms with Crippen molar-refractivity contribution in [2.45, 2.75) is 45.6 Å². The van der Waals surface area contributed by atoms with Crippen LogP contribution in [0.15, 0.2) is 36.4 Å². The van der Waals surface area contributed by atoms with Gasteiger partial charge in [-0.2, -0.15) is 0 Å². The Labute approximate surface area is 210 Å². The van der Waals surface area contributed by atoms with Crippen molar-refractivity contribution in [3.05, 3.63) is 53.1 Å². The van der Waals surface area contributed by atoms with E-state index in [-0.39, 0.29) is 18.7 Å². The molecule has 0 radical (unpaired) electrons. The van der Waals surface area contributed by atoms with E-state index in [0.717, 1.165) is 24.1 Å². The van der Waals surface area contributed by atoms with Crippen LogP contribution in [0.25, 0.3) is 0 Å². The van der Waals surface area contributed by atoms with Crippen LogP contribution in [0.4, 0.5) is 0 Å². The Balaban J connectivity index is 1.53. The van der Waals surface area contributed by atoms with E-state index < -0.39 is 12.1 Å². The molecule has 10 heteroatoms. The van der Waals surface area contributed by atoms with E-state index in [1.807, 2.05) is 29.2 Å². The molecule has 2 aromatic carbocycles. The SMILES string of the molecule is CCOC(=O)C(Oc1cc2c(cc1OC)CN(C(=N)N)C2)c1ccc(OC2CCN(C(C)=N)C2)cc1. The summed E-state index contributed by atoms with van der Waals surface area (Å²) >= 11 is 0. The van der Waals surface area contributed by atoms with E-state index in [4.69, 9.17) is 35.5 Å². The molecule has 1 fully saturated rings. The summed E-state index contributed by atoms with van der Waals surface area (Å²) in [5.41, 5.74) is 8.23. The summed E-state index contributed by atoms with van der Waals surface area (Å²) in [5, 5.41) is 15.5. The fraction of sp³-hybridized carbons (Fsp3) is 0.423. The fourth-order valence-electron chi connectivity index (χ4n) is 4.47. The Hall–Kier alpha value is -3.95. The average Bonchev–Trinajstić information content (AvgIpc) is 3.49. The molecule has 2 aliphatic heterocycles. The van der Waals surface area contributed by atoms with Gasteiger partial charge in [-0.25, -0.2) is 4.79 Å². The number of benzene rings is 2. The monoisotopic (exact) mass is 495 g/mol. The molecule has 0 bridgehead atoms. The van der Waals surface area contributed by atoms with Gasteiger partial charge in [0.15, 0.2) is 17.5 Å². The molecule has 10 nitrogen and oxygen atoms in total. The largest absolute Gasteiger partial charge is 0.493 e. The first kappa shape index (κ1) is 25.2. The minimum absolute atomic E-state index is 0.00221. The lowest BCUT2D eigenvalue weighted by Gasteiger charge is -2.21. The zero-order valence-corrected chi connectivity index (χ0v) is 20.9. The Morgan fingerprint density at radius 3 is 2.33 bits per heavy atom. The van der Waals surface area contributed by atoms with Crippen LogP contribution in [0, 0.1) is 10.8 Å². The summed E-state index contributed by atoms with van der Waals surface area (Å²) in [4.78, 5) is 16.6.